The Kier molecular flexibility index (Phi) is 6.33. The number of hydrogen-bond donors (Lipinski definition) is 2. The molecule has 8 nitrogen and oxygen atoms in total. The first-order chi connectivity index (χ1) is 14.0. The van der Waals surface area contributed by atoms with Crippen LogP contribution >= 0.6 is 0 Å². The predicted molar refractivity (Wildman–Crippen MR) is 105 cm³/mol. The highest BCUT2D eigenvalue weighted by Crippen LogP contribution is 2.32. The van der Waals surface area contributed by atoms with Gasteiger partial charge >= 0.3 is 5.97 Å². The van der Waals surface area contributed by atoms with E-state index in [4.69, 9.17) is 14.2 Å². The standard InChI is InChI=1S/C21H22N2O6/c1-3-14-4-7-16(8-5-14)23-20(25)13(2)29-19(24)11-22-21(26)15-6-9-17-18(10-15)28-12-27-17/h4-10,13H,3,11-12H2,1-2H3,(H,22,26)(H,23,25)/t13-/m1/s1. The number of benzene rings is 2. The van der Waals surface area contributed by atoms with Crippen LogP contribution in [0.3, 0.4) is 0 Å². The van der Waals surface area contributed by atoms with Gasteiger partial charge in [-0.25, -0.2) is 0 Å². The van der Waals surface area contributed by atoms with Gasteiger partial charge in [-0.15, -0.1) is 0 Å². The zero-order valence-electron chi connectivity index (χ0n) is 16.2. The second-order valence-corrected chi connectivity index (χ2v) is 6.42. The maximum Gasteiger partial charge on any atom is 0.326 e. The Bertz CT molecular complexity index is 910. The molecule has 0 aliphatic carbocycles. The summed E-state index contributed by atoms with van der Waals surface area (Å²) in [6, 6.07) is 12.1. The van der Waals surface area contributed by atoms with Gasteiger partial charge in [-0.05, 0) is 49.2 Å². The molecule has 0 bridgehead atoms. The smallest absolute Gasteiger partial charge is 0.326 e. The first-order valence-corrected chi connectivity index (χ1v) is 9.23. The van der Waals surface area contributed by atoms with Crippen molar-refractivity contribution in [2.24, 2.45) is 0 Å². The summed E-state index contributed by atoms with van der Waals surface area (Å²) in [7, 11) is 0. The van der Waals surface area contributed by atoms with Gasteiger partial charge in [0.05, 0.1) is 0 Å². The Morgan fingerprint density at radius 2 is 1.79 bits per heavy atom. The van der Waals surface area contributed by atoms with E-state index in [2.05, 4.69) is 10.6 Å². The van der Waals surface area contributed by atoms with Crippen molar-refractivity contribution in [3.63, 3.8) is 0 Å². The number of carbonyl (C=O) groups is 3. The van der Waals surface area contributed by atoms with Crippen molar-refractivity contribution in [1.29, 1.82) is 0 Å². The summed E-state index contributed by atoms with van der Waals surface area (Å²) in [4.78, 5) is 36.3. The van der Waals surface area contributed by atoms with E-state index in [-0.39, 0.29) is 13.3 Å². The van der Waals surface area contributed by atoms with E-state index in [0.717, 1.165) is 12.0 Å². The summed E-state index contributed by atoms with van der Waals surface area (Å²) in [6.07, 6.45) is -0.101. The van der Waals surface area contributed by atoms with E-state index in [9.17, 15) is 14.4 Å². The van der Waals surface area contributed by atoms with Crippen LogP contribution in [0.5, 0.6) is 11.5 Å². The lowest BCUT2D eigenvalue weighted by atomic mass is 10.1. The van der Waals surface area contributed by atoms with Gasteiger partial charge in [0.1, 0.15) is 6.54 Å². The van der Waals surface area contributed by atoms with Crippen LogP contribution in [0.4, 0.5) is 5.69 Å². The fourth-order valence-electron chi connectivity index (χ4n) is 2.65. The third-order valence-electron chi connectivity index (χ3n) is 4.34. The molecule has 2 aromatic rings. The second kappa shape index (κ2) is 9.09. The number of nitrogens with one attached hydrogen (secondary N) is 2. The van der Waals surface area contributed by atoms with Crippen LogP contribution in [-0.4, -0.2) is 37.2 Å². The normalized spacial score (nSPS) is 12.8. The van der Waals surface area contributed by atoms with Crippen molar-refractivity contribution < 1.29 is 28.6 Å². The third kappa shape index (κ3) is 5.25. The van der Waals surface area contributed by atoms with Gasteiger partial charge in [-0.1, -0.05) is 19.1 Å². The summed E-state index contributed by atoms with van der Waals surface area (Å²) in [5.41, 5.74) is 2.09. The van der Waals surface area contributed by atoms with Crippen LogP contribution in [0.15, 0.2) is 42.5 Å². The fraction of sp³-hybridized carbons (Fsp3) is 0.286. The molecule has 152 valence electrons. The van der Waals surface area contributed by atoms with Gasteiger partial charge in [-0.2, -0.15) is 0 Å². The highest BCUT2D eigenvalue weighted by atomic mass is 16.7. The van der Waals surface area contributed by atoms with Gasteiger partial charge in [0, 0.05) is 11.3 Å². The van der Waals surface area contributed by atoms with Crippen LogP contribution in [0.2, 0.25) is 0 Å². The number of carbonyl (C=O) groups excluding carboxylic acids is 3. The number of ether oxygens (including phenoxy) is 3. The van der Waals surface area contributed by atoms with Crippen molar-refractivity contribution in [3.05, 3.63) is 53.6 Å². The monoisotopic (exact) mass is 398 g/mol. The third-order valence-corrected chi connectivity index (χ3v) is 4.34. The number of esters is 1. The molecular weight excluding hydrogens is 376 g/mol. The van der Waals surface area contributed by atoms with E-state index in [1.54, 1.807) is 24.3 Å². The molecule has 0 saturated heterocycles. The number of rotatable bonds is 7. The zero-order valence-corrected chi connectivity index (χ0v) is 16.2. The van der Waals surface area contributed by atoms with Gasteiger partial charge in [0.2, 0.25) is 6.79 Å². The molecule has 0 aromatic heterocycles. The predicted octanol–water partition coefficient (Wildman–Crippen LogP) is 2.28. The molecule has 2 amide bonds. The summed E-state index contributed by atoms with van der Waals surface area (Å²) in [5.74, 6) is -0.608. The Morgan fingerprint density at radius 3 is 2.52 bits per heavy atom. The minimum Gasteiger partial charge on any atom is -0.454 e. The Labute approximate surface area is 168 Å². The van der Waals surface area contributed by atoms with Crippen molar-refractivity contribution >= 4 is 23.5 Å². The molecule has 8 heteroatoms. The minimum absolute atomic E-state index is 0.107. The number of aryl methyl sites for hydroxylation is 1. The van der Waals surface area contributed by atoms with Crippen LogP contribution in [0.1, 0.15) is 29.8 Å². The average molecular weight is 398 g/mol. The quantitative estimate of drug-likeness (QED) is 0.694. The SMILES string of the molecule is CCc1ccc(NC(=O)[C@@H](C)OC(=O)CNC(=O)c2ccc3c(c2)OCO3)cc1. The van der Waals surface area contributed by atoms with E-state index in [0.29, 0.717) is 22.7 Å². The number of hydrogen-bond acceptors (Lipinski definition) is 6. The largest absolute Gasteiger partial charge is 0.454 e. The van der Waals surface area contributed by atoms with Gasteiger partial charge in [-0.3, -0.25) is 14.4 Å². The number of fused-ring (bicyclic) bond motifs is 1. The van der Waals surface area contributed by atoms with Crippen LogP contribution < -0.4 is 20.1 Å². The van der Waals surface area contributed by atoms with Crippen molar-refractivity contribution in [3.8, 4) is 11.5 Å². The number of amides is 2. The molecule has 1 aliphatic heterocycles. The lowest BCUT2D eigenvalue weighted by Crippen LogP contribution is -2.35. The minimum atomic E-state index is -1.00. The molecule has 1 atom stereocenters. The molecule has 3 rings (SSSR count). The summed E-state index contributed by atoms with van der Waals surface area (Å²) in [6.45, 7) is 3.25. The zero-order chi connectivity index (χ0) is 20.8. The molecular formula is C21H22N2O6. The molecule has 1 heterocycles. The summed E-state index contributed by atoms with van der Waals surface area (Å²) < 4.78 is 15.5. The maximum atomic E-state index is 12.2. The molecule has 0 saturated carbocycles. The summed E-state index contributed by atoms with van der Waals surface area (Å²) in [5, 5.41) is 5.14. The van der Waals surface area contributed by atoms with Gasteiger partial charge in [0.15, 0.2) is 17.6 Å². The molecule has 2 N–H and O–H groups in total. The summed E-state index contributed by atoms with van der Waals surface area (Å²) >= 11 is 0. The average Bonchev–Trinajstić information content (AvgIpc) is 3.20. The highest BCUT2D eigenvalue weighted by molar-refractivity contribution is 5.97. The Morgan fingerprint density at radius 1 is 1.07 bits per heavy atom. The molecule has 0 unspecified atom stereocenters. The second-order valence-electron chi connectivity index (χ2n) is 6.42. The van der Waals surface area contributed by atoms with Crippen LogP contribution in [0, 0.1) is 0 Å². The van der Waals surface area contributed by atoms with E-state index in [1.165, 1.54) is 13.0 Å². The topological polar surface area (TPSA) is 103 Å². The fourth-order valence-corrected chi connectivity index (χ4v) is 2.65. The molecule has 0 spiro atoms. The van der Waals surface area contributed by atoms with Crippen molar-refractivity contribution in [2.45, 2.75) is 26.4 Å². The Hall–Kier alpha value is -3.55. The molecule has 0 radical (unpaired) electrons. The van der Waals surface area contributed by atoms with Crippen LogP contribution in [-0.2, 0) is 20.7 Å². The first-order valence-electron chi connectivity index (χ1n) is 9.23. The van der Waals surface area contributed by atoms with E-state index < -0.39 is 23.9 Å². The molecule has 2 aromatic carbocycles. The van der Waals surface area contributed by atoms with Gasteiger partial charge < -0.3 is 24.8 Å². The molecule has 29 heavy (non-hydrogen) atoms. The van der Waals surface area contributed by atoms with Crippen LogP contribution in [0.25, 0.3) is 0 Å². The first kappa shape index (κ1) is 20.2. The molecule has 0 fully saturated rings. The Balaban J connectivity index is 1.45. The lowest BCUT2D eigenvalue weighted by Gasteiger charge is -2.14. The van der Waals surface area contributed by atoms with Crippen molar-refractivity contribution in [1.82, 2.24) is 5.32 Å². The van der Waals surface area contributed by atoms with Gasteiger partial charge in [0.25, 0.3) is 11.8 Å². The highest BCUT2D eigenvalue weighted by Gasteiger charge is 2.20. The molecule has 1 aliphatic rings. The van der Waals surface area contributed by atoms with E-state index >= 15 is 0 Å². The van der Waals surface area contributed by atoms with E-state index in [1.807, 2.05) is 19.1 Å². The van der Waals surface area contributed by atoms with Crippen molar-refractivity contribution in [2.75, 3.05) is 18.7 Å². The maximum absolute atomic E-state index is 12.2. The number of anilines is 1. The lowest BCUT2D eigenvalue weighted by molar-refractivity contribution is -0.152.